The predicted molar refractivity (Wildman–Crippen MR) is 76.6 cm³/mol. The summed E-state index contributed by atoms with van der Waals surface area (Å²) in [5, 5.41) is 3.22. The number of aryl methyl sites for hydroxylation is 1. The fourth-order valence-electron chi connectivity index (χ4n) is 2.45. The van der Waals surface area contributed by atoms with Crippen LogP contribution in [-0.4, -0.2) is 11.5 Å². The number of benzene rings is 1. The number of hydrogen-bond acceptors (Lipinski definition) is 1. The molecule has 0 heterocycles. The van der Waals surface area contributed by atoms with Gasteiger partial charge in [0.2, 0.25) is 0 Å². The third kappa shape index (κ3) is 3.25. The van der Waals surface area contributed by atoms with Crippen molar-refractivity contribution in [2.45, 2.75) is 51.6 Å². The highest BCUT2D eigenvalue weighted by molar-refractivity contribution is 5.78. The zero-order chi connectivity index (χ0) is 13.2. The first-order chi connectivity index (χ1) is 8.46. The third-order valence-electron chi connectivity index (χ3n) is 3.14. The molecule has 0 saturated carbocycles. The topological polar surface area (TPSA) is 50.4 Å². The molecule has 18 heavy (non-hydrogen) atoms. The van der Waals surface area contributed by atoms with Crippen molar-refractivity contribution in [2.75, 3.05) is 0 Å². The Morgan fingerprint density at radius 2 is 2.06 bits per heavy atom. The van der Waals surface area contributed by atoms with Gasteiger partial charge in [-0.2, -0.15) is 0 Å². The average Bonchev–Trinajstić information content (AvgIpc) is 2.27. The van der Waals surface area contributed by atoms with E-state index in [0.29, 0.717) is 5.96 Å². The van der Waals surface area contributed by atoms with Gasteiger partial charge >= 0.3 is 0 Å². The largest absolute Gasteiger partial charge is 0.370 e. The standard InChI is InChI=1S/C15H23N3/c1-15(2,3)18-14(16)17-13-10-6-8-11-7-4-5-9-12(11)13/h4-5,7,9,13H,6,8,10H2,1-3H3,(H3,16,17,18). The summed E-state index contributed by atoms with van der Waals surface area (Å²) in [4.78, 5) is 4.65. The second-order valence-electron chi connectivity index (χ2n) is 6.00. The first kappa shape index (κ1) is 12.9. The van der Waals surface area contributed by atoms with Crippen molar-refractivity contribution in [1.29, 1.82) is 0 Å². The summed E-state index contributed by atoms with van der Waals surface area (Å²) in [6.07, 6.45) is 3.44. The van der Waals surface area contributed by atoms with Gasteiger partial charge in [-0.1, -0.05) is 24.3 Å². The molecule has 0 saturated heterocycles. The van der Waals surface area contributed by atoms with Gasteiger partial charge in [0.1, 0.15) is 0 Å². The van der Waals surface area contributed by atoms with E-state index in [2.05, 4.69) is 55.3 Å². The van der Waals surface area contributed by atoms with Crippen molar-refractivity contribution in [2.24, 2.45) is 10.7 Å². The number of fused-ring (bicyclic) bond motifs is 1. The highest BCUT2D eigenvalue weighted by atomic mass is 15.1. The Morgan fingerprint density at radius 1 is 1.33 bits per heavy atom. The Kier molecular flexibility index (Phi) is 3.60. The Bertz CT molecular complexity index is 443. The van der Waals surface area contributed by atoms with Crippen LogP contribution in [0.2, 0.25) is 0 Å². The molecule has 0 aromatic heterocycles. The van der Waals surface area contributed by atoms with E-state index in [9.17, 15) is 0 Å². The van der Waals surface area contributed by atoms with E-state index in [-0.39, 0.29) is 11.6 Å². The quantitative estimate of drug-likeness (QED) is 0.590. The summed E-state index contributed by atoms with van der Waals surface area (Å²) in [6, 6.07) is 8.77. The molecule has 1 aliphatic carbocycles. The molecule has 3 N–H and O–H groups in total. The first-order valence-electron chi connectivity index (χ1n) is 6.65. The SMILES string of the molecule is CC(C)(C)NC(N)=NC1CCCc2ccccc21. The van der Waals surface area contributed by atoms with Crippen molar-refractivity contribution >= 4 is 5.96 Å². The Hall–Kier alpha value is -1.51. The lowest BCUT2D eigenvalue weighted by Crippen LogP contribution is -2.45. The zero-order valence-corrected chi connectivity index (χ0v) is 11.5. The van der Waals surface area contributed by atoms with Crippen LogP contribution >= 0.6 is 0 Å². The van der Waals surface area contributed by atoms with E-state index < -0.39 is 0 Å². The van der Waals surface area contributed by atoms with Crippen LogP contribution in [-0.2, 0) is 6.42 Å². The summed E-state index contributed by atoms with van der Waals surface area (Å²) in [5.41, 5.74) is 8.70. The van der Waals surface area contributed by atoms with Gasteiger partial charge in [0.25, 0.3) is 0 Å². The van der Waals surface area contributed by atoms with Crippen LogP contribution in [0.15, 0.2) is 29.3 Å². The molecule has 1 aromatic rings. The maximum absolute atomic E-state index is 5.99. The molecule has 0 spiro atoms. The average molecular weight is 245 g/mol. The molecule has 1 unspecified atom stereocenters. The smallest absolute Gasteiger partial charge is 0.189 e. The molecule has 1 atom stereocenters. The van der Waals surface area contributed by atoms with Crippen molar-refractivity contribution < 1.29 is 0 Å². The normalized spacial score (nSPS) is 20.4. The van der Waals surface area contributed by atoms with E-state index in [1.165, 1.54) is 17.5 Å². The lowest BCUT2D eigenvalue weighted by Gasteiger charge is -2.25. The molecule has 3 heteroatoms. The molecule has 1 aromatic carbocycles. The van der Waals surface area contributed by atoms with Gasteiger partial charge in [0, 0.05) is 5.54 Å². The minimum absolute atomic E-state index is 0.0399. The van der Waals surface area contributed by atoms with Crippen LogP contribution in [0, 0.1) is 0 Å². The maximum atomic E-state index is 5.99. The van der Waals surface area contributed by atoms with Crippen LogP contribution < -0.4 is 11.1 Å². The fraction of sp³-hybridized carbons (Fsp3) is 0.533. The Morgan fingerprint density at radius 3 is 2.78 bits per heavy atom. The predicted octanol–water partition coefficient (Wildman–Crippen LogP) is 2.77. The Balaban J connectivity index is 2.18. The molecule has 0 amide bonds. The number of nitrogens with zero attached hydrogens (tertiary/aromatic N) is 1. The first-order valence-corrected chi connectivity index (χ1v) is 6.65. The van der Waals surface area contributed by atoms with Gasteiger partial charge < -0.3 is 11.1 Å². The molecule has 2 rings (SSSR count). The number of rotatable bonds is 1. The molecular weight excluding hydrogens is 222 g/mol. The van der Waals surface area contributed by atoms with Crippen LogP contribution in [0.4, 0.5) is 0 Å². The van der Waals surface area contributed by atoms with Gasteiger partial charge in [-0.15, -0.1) is 0 Å². The molecule has 0 bridgehead atoms. The van der Waals surface area contributed by atoms with Crippen LogP contribution in [0.1, 0.15) is 50.8 Å². The van der Waals surface area contributed by atoms with E-state index in [0.717, 1.165) is 12.8 Å². The summed E-state index contributed by atoms with van der Waals surface area (Å²) < 4.78 is 0. The maximum Gasteiger partial charge on any atom is 0.189 e. The van der Waals surface area contributed by atoms with E-state index >= 15 is 0 Å². The second-order valence-corrected chi connectivity index (χ2v) is 6.00. The lowest BCUT2D eigenvalue weighted by atomic mass is 9.88. The summed E-state index contributed by atoms with van der Waals surface area (Å²) >= 11 is 0. The van der Waals surface area contributed by atoms with Gasteiger partial charge in [-0.3, -0.25) is 0 Å². The van der Waals surface area contributed by atoms with E-state index in [1.54, 1.807) is 0 Å². The molecule has 3 nitrogen and oxygen atoms in total. The number of nitrogens with two attached hydrogens (primary N) is 1. The fourth-order valence-corrected chi connectivity index (χ4v) is 2.45. The minimum atomic E-state index is -0.0399. The highest BCUT2D eigenvalue weighted by Crippen LogP contribution is 2.32. The second kappa shape index (κ2) is 5.01. The van der Waals surface area contributed by atoms with Gasteiger partial charge in [-0.25, -0.2) is 4.99 Å². The van der Waals surface area contributed by atoms with Crippen molar-refractivity contribution in [3.63, 3.8) is 0 Å². The molecule has 0 aliphatic heterocycles. The molecular formula is C15H23N3. The van der Waals surface area contributed by atoms with Crippen molar-refractivity contribution in [3.8, 4) is 0 Å². The number of hydrogen-bond donors (Lipinski definition) is 2. The zero-order valence-electron chi connectivity index (χ0n) is 11.5. The van der Waals surface area contributed by atoms with Crippen molar-refractivity contribution in [1.82, 2.24) is 5.32 Å². The van der Waals surface area contributed by atoms with E-state index in [4.69, 9.17) is 5.73 Å². The summed E-state index contributed by atoms with van der Waals surface area (Å²) in [6.45, 7) is 6.26. The number of guanidine groups is 1. The van der Waals surface area contributed by atoms with Gasteiger partial charge in [0.15, 0.2) is 5.96 Å². The minimum Gasteiger partial charge on any atom is -0.370 e. The molecule has 0 fully saturated rings. The van der Waals surface area contributed by atoms with Crippen LogP contribution in [0.3, 0.4) is 0 Å². The van der Waals surface area contributed by atoms with Gasteiger partial charge in [-0.05, 0) is 51.2 Å². The van der Waals surface area contributed by atoms with Gasteiger partial charge in [0.05, 0.1) is 6.04 Å². The lowest BCUT2D eigenvalue weighted by molar-refractivity contribution is 0.501. The van der Waals surface area contributed by atoms with Crippen molar-refractivity contribution in [3.05, 3.63) is 35.4 Å². The number of nitrogens with one attached hydrogen (secondary N) is 1. The van der Waals surface area contributed by atoms with E-state index in [1.807, 2.05) is 0 Å². The molecule has 98 valence electrons. The third-order valence-corrected chi connectivity index (χ3v) is 3.14. The highest BCUT2D eigenvalue weighted by Gasteiger charge is 2.20. The van der Waals surface area contributed by atoms with Crippen LogP contribution in [0.5, 0.6) is 0 Å². The Labute approximate surface area is 109 Å². The summed E-state index contributed by atoms with van der Waals surface area (Å²) in [7, 11) is 0. The summed E-state index contributed by atoms with van der Waals surface area (Å²) in [5.74, 6) is 0.546. The molecule has 1 aliphatic rings. The monoisotopic (exact) mass is 245 g/mol. The number of aliphatic imine (C=N–C) groups is 1. The van der Waals surface area contributed by atoms with Crippen LogP contribution in [0.25, 0.3) is 0 Å². The molecule has 0 radical (unpaired) electrons.